The van der Waals surface area contributed by atoms with Crippen molar-refractivity contribution in [3.63, 3.8) is 0 Å². The zero-order valence-electron chi connectivity index (χ0n) is 10.7. The molecular formula is C11H25N3O. The van der Waals surface area contributed by atoms with Crippen LogP contribution in [0.4, 0.5) is 0 Å². The molecule has 0 rings (SSSR count). The Morgan fingerprint density at radius 1 is 1.33 bits per heavy atom. The molecule has 0 saturated heterocycles. The zero-order chi connectivity index (χ0) is 11.9. The van der Waals surface area contributed by atoms with E-state index in [4.69, 9.17) is 0 Å². The summed E-state index contributed by atoms with van der Waals surface area (Å²) in [6, 6.07) is 0. The summed E-state index contributed by atoms with van der Waals surface area (Å²) in [7, 11) is 5.61. The highest BCUT2D eigenvalue weighted by molar-refractivity contribution is 5.86. The van der Waals surface area contributed by atoms with Crippen LogP contribution in [0.15, 0.2) is 0 Å². The van der Waals surface area contributed by atoms with Gasteiger partial charge in [-0.25, -0.2) is 0 Å². The van der Waals surface area contributed by atoms with Gasteiger partial charge in [0.2, 0.25) is 5.91 Å². The van der Waals surface area contributed by atoms with Gasteiger partial charge in [0.25, 0.3) is 0 Å². The summed E-state index contributed by atoms with van der Waals surface area (Å²) in [6.07, 6.45) is 1.64. The third-order valence-electron chi connectivity index (χ3n) is 3.20. The van der Waals surface area contributed by atoms with Crippen LogP contribution in [0.2, 0.25) is 0 Å². The van der Waals surface area contributed by atoms with Crippen LogP contribution < -0.4 is 10.6 Å². The molecule has 0 radical (unpaired) electrons. The van der Waals surface area contributed by atoms with E-state index in [0.717, 1.165) is 25.9 Å². The van der Waals surface area contributed by atoms with Gasteiger partial charge in [0.15, 0.2) is 0 Å². The number of hydrogen-bond donors (Lipinski definition) is 2. The van der Waals surface area contributed by atoms with Crippen LogP contribution in [0, 0.1) is 0 Å². The first-order valence-corrected chi connectivity index (χ1v) is 5.66. The molecule has 1 atom stereocenters. The molecule has 0 aliphatic rings. The highest BCUT2D eigenvalue weighted by atomic mass is 16.2. The van der Waals surface area contributed by atoms with Crippen LogP contribution in [0.3, 0.4) is 0 Å². The lowest BCUT2D eigenvalue weighted by Gasteiger charge is -2.32. The first-order valence-electron chi connectivity index (χ1n) is 5.66. The third kappa shape index (κ3) is 3.80. The molecule has 0 spiro atoms. The van der Waals surface area contributed by atoms with E-state index in [-0.39, 0.29) is 5.91 Å². The summed E-state index contributed by atoms with van der Waals surface area (Å²) < 4.78 is 0. The van der Waals surface area contributed by atoms with Crippen molar-refractivity contribution in [2.24, 2.45) is 0 Å². The van der Waals surface area contributed by atoms with Gasteiger partial charge < -0.3 is 15.5 Å². The summed E-state index contributed by atoms with van der Waals surface area (Å²) in [5, 5.41) is 5.89. The lowest BCUT2D eigenvalue weighted by Crippen LogP contribution is -2.55. The van der Waals surface area contributed by atoms with Gasteiger partial charge in [-0.3, -0.25) is 4.79 Å². The Balaban J connectivity index is 4.43. The van der Waals surface area contributed by atoms with Crippen molar-refractivity contribution in [3.8, 4) is 0 Å². The average molecular weight is 215 g/mol. The fraction of sp³-hybridized carbons (Fsp3) is 0.909. The van der Waals surface area contributed by atoms with Gasteiger partial charge >= 0.3 is 0 Å². The van der Waals surface area contributed by atoms with E-state index in [2.05, 4.69) is 29.5 Å². The first-order chi connectivity index (χ1) is 7.06. The van der Waals surface area contributed by atoms with Gasteiger partial charge in [0, 0.05) is 13.6 Å². The molecule has 1 amide bonds. The Morgan fingerprint density at radius 2 is 1.93 bits per heavy atom. The van der Waals surface area contributed by atoms with E-state index >= 15 is 0 Å². The van der Waals surface area contributed by atoms with E-state index in [0.29, 0.717) is 0 Å². The summed E-state index contributed by atoms with van der Waals surface area (Å²) in [5.41, 5.74) is -0.418. The monoisotopic (exact) mass is 215 g/mol. The van der Waals surface area contributed by atoms with Gasteiger partial charge in [-0.1, -0.05) is 13.8 Å². The minimum Gasteiger partial charge on any atom is -0.358 e. The van der Waals surface area contributed by atoms with Gasteiger partial charge in [-0.05, 0) is 33.5 Å². The number of nitrogens with zero attached hydrogens (tertiary/aromatic N) is 1. The molecule has 0 saturated carbocycles. The molecule has 0 bridgehead atoms. The number of carbonyl (C=O) groups is 1. The lowest BCUT2D eigenvalue weighted by molar-refractivity contribution is -0.127. The molecule has 1 unspecified atom stereocenters. The molecule has 4 nitrogen and oxygen atoms in total. The van der Waals surface area contributed by atoms with Gasteiger partial charge in [-0.2, -0.15) is 0 Å². The van der Waals surface area contributed by atoms with Crippen molar-refractivity contribution in [1.82, 2.24) is 15.5 Å². The van der Waals surface area contributed by atoms with E-state index in [9.17, 15) is 4.79 Å². The lowest BCUT2D eigenvalue weighted by atomic mass is 9.90. The van der Waals surface area contributed by atoms with Crippen LogP contribution in [0.5, 0.6) is 0 Å². The number of nitrogens with one attached hydrogen (secondary N) is 2. The predicted molar refractivity (Wildman–Crippen MR) is 63.9 cm³/mol. The predicted octanol–water partition coefficient (Wildman–Crippen LogP) is 0.442. The molecule has 0 heterocycles. The summed E-state index contributed by atoms with van der Waals surface area (Å²) in [5.74, 6) is 0.0806. The van der Waals surface area contributed by atoms with Crippen molar-refractivity contribution in [2.75, 3.05) is 34.2 Å². The summed E-state index contributed by atoms with van der Waals surface area (Å²) in [6.45, 7) is 6.10. The number of rotatable bonds is 7. The molecule has 0 aromatic heterocycles. The smallest absolute Gasteiger partial charge is 0.240 e. The van der Waals surface area contributed by atoms with Crippen molar-refractivity contribution < 1.29 is 4.79 Å². The Hall–Kier alpha value is -0.610. The van der Waals surface area contributed by atoms with Gasteiger partial charge in [-0.15, -0.1) is 0 Å². The van der Waals surface area contributed by atoms with Crippen molar-refractivity contribution in [1.29, 1.82) is 0 Å². The molecular weight excluding hydrogens is 190 g/mol. The third-order valence-corrected chi connectivity index (χ3v) is 3.20. The maximum Gasteiger partial charge on any atom is 0.240 e. The van der Waals surface area contributed by atoms with Crippen molar-refractivity contribution in [2.45, 2.75) is 32.2 Å². The topological polar surface area (TPSA) is 44.4 Å². The quantitative estimate of drug-likeness (QED) is 0.648. The summed E-state index contributed by atoms with van der Waals surface area (Å²) >= 11 is 0. The minimum absolute atomic E-state index is 0.0806. The number of likely N-dealkylation sites (N-methyl/N-ethyl adjacent to an activating group) is 2. The number of hydrogen-bond acceptors (Lipinski definition) is 3. The van der Waals surface area contributed by atoms with E-state index in [1.54, 1.807) is 7.05 Å². The zero-order valence-corrected chi connectivity index (χ0v) is 10.7. The molecule has 15 heavy (non-hydrogen) atoms. The maximum absolute atomic E-state index is 11.8. The Morgan fingerprint density at radius 3 is 2.27 bits per heavy atom. The van der Waals surface area contributed by atoms with E-state index in [1.807, 2.05) is 14.0 Å². The molecule has 0 aromatic carbocycles. The maximum atomic E-state index is 11.8. The van der Waals surface area contributed by atoms with E-state index < -0.39 is 5.54 Å². The van der Waals surface area contributed by atoms with Gasteiger partial charge in [0.05, 0.1) is 5.54 Å². The second-order valence-electron chi connectivity index (χ2n) is 3.91. The molecule has 0 aromatic rings. The minimum atomic E-state index is -0.418. The molecule has 90 valence electrons. The molecule has 0 aliphatic carbocycles. The number of carbonyl (C=O) groups excluding carboxylic acids is 1. The Kier molecular flexibility index (Phi) is 6.52. The highest BCUT2D eigenvalue weighted by Gasteiger charge is 2.33. The van der Waals surface area contributed by atoms with E-state index in [1.165, 1.54) is 0 Å². The highest BCUT2D eigenvalue weighted by Crippen LogP contribution is 2.15. The van der Waals surface area contributed by atoms with Gasteiger partial charge in [0.1, 0.15) is 0 Å². The fourth-order valence-electron chi connectivity index (χ4n) is 1.65. The molecule has 4 heteroatoms. The van der Waals surface area contributed by atoms with Crippen LogP contribution in [-0.4, -0.2) is 50.6 Å². The van der Waals surface area contributed by atoms with Crippen LogP contribution in [-0.2, 0) is 4.79 Å². The molecule has 2 N–H and O–H groups in total. The van der Waals surface area contributed by atoms with Crippen LogP contribution >= 0.6 is 0 Å². The molecule has 0 aliphatic heterocycles. The van der Waals surface area contributed by atoms with Crippen LogP contribution in [0.1, 0.15) is 26.7 Å². The standard InChI is InChI=1S/C11H25N3O/c1-6-11(13-4,10(15)12-3)8-9-14(5)7-2/h13H,6-9H2,1-5H3,(H,12,15). The van der Waals surface area contributed by atoms with Crippen LogP contribution in [0.25, 0.3) is 0 Å². The fourth-order valence-corrected chi connectivity index (χ4v) is 1.65. The number of amides is 1. The first kappa shape index (κ1) is 14.4. The largest absolute Gasteiger partial charge is 0.358 e. The second kappa shape index (κ2) is 6.80. The summed E-state index contributed by atoms with van der Waals surface area (Å²) in [4.78, 5) is 14.0. The average Bonchev–Trinajstić information content (AvgIpc) is 2.29. The Labute approximate surface area is 93.4 Å². The Bertz CT molecular complexity index is 190. The second-order valence-corrected chi connectivity index (χ2v) is 3.91. The SMILES string of the molecule is CCN(C)CCC(CC)(NC)C(=O)NC. The molecule has 0 fully saturated rings. The van der Waals surface area contributed by atoms with Crippen molar-refractivity contribution in [3.05, 3.63) is 0 Å². The normalized spacial score (nSPS) is 15.1. The van der Waals surface area contributed by atoms with Crippen molar-refractivity contribution >= 4 is 5.91 Å².